The standard InChI is InChI=1S/C22H18FN3O2S/c1-12-3-8-20(13(2)25-12)28-11-16-9-18-21(29-16)17(10-19(26-18)22(24)27)14-4-6-15(23)7-5-14/h3-10H,11H2,1-2H3,(H2,24,27). The van der Waals surface area contributed by atoms with Gasteiger partial charge in [-0.1, -0.05) is 12.1 Å². The van der Waals surface area contributed by atoms with Gasteiger partial charge in [-0.25, -0.2) is 9.37 Å². The predicted octanol–water partition coefficient (Wildman–Crippen LogP) is 4.79. The molecular weight excluding hydrogens is 389 g/mol. The molecule has 3 heterocycles. The molecule has 4 aromatic rings. The van der Waals surface area contributed by atoms with Gasteiger partial charge in [0.05, 0.1) is 15.9 Å². The number of rotatable bonds is 5. The molecule has 0 aliphatic carbocycles. The topological polar surface area (TPSA) is 78.1 Å². The smallest absolute Gasteiger partial charge is 0.267 e. The van der Waals surface area contributed by atoms with Crippen LogP contribution in [0.25, 0.3) is 21.3 Å². The summed E-state index contributed by atoms with van der Waals surface area (Å²) < 4.78 is 20.2. The molecule has 4 rings (SSSR count). The van der Waals surface area contributed by atoms with Crippen LogP contribution in [0.2, 0.25) is 0 Å². The number of hydrogen-bond acceptors (Lipinski definition) is 5. The quantitative estimate of drug-likeness (QED) is 0.516. The molecule has 0 unspecified atom stereocenters. The van der Waals surface area contributed by atoms with E-state index < -0.39 is 5.91 Å². The van der Waals surface area contributed by atoms with Crippen molar-refractivity contribution in [1.29, 1.82) is 0 Å². The highest BCUT2D eigenvalue weighted by Gasteiger charge is 2.15. The van der Waals surface area contributed by atoms with Crippen LogP contribution in [0.4, 0.5) is 4.39 Å². The molecule has 5 nitrogen and oxygen atoms in total. The lowest BCUT2D eigenvalue weighted by atomic mass is 10.0. The van der Waals surface area contributed by atoms with Gasteiger partial charge in [0.25, 0.3) is 5.91 Å². The van der Waals surface area contributed by atoms with Gasteiger partial charge in [-0.05, 0) is 55.8 Å². The molecule has 146 valence electrons. The summed E-state index contributed by atoms with van der Waals surface area (Å²) in [6.07, 6.45) is 0. The lowest BCUT2D eigenvalue weighted by Crippen LogP contribution is -2.13. The Morgan fingerprint density at radius 3 is 2.55 bits per heavy atom. The number of ether oxygens (including phenoxy) is 1. The Kier molecular flexibility index (Phi) is 4.98. The molecule has 0 aliphatic heterocycles. The van der Waals surface area contributed by atoms with E-state index in [2.05, 4.69) is 9.97 Å². The predicted molar refractivity (Wildman–Crippen MR) is 112 cm³/mol. The molecule has 0 bridgehead atoms. The molecule has 0 saturated heterocycles. The van der Waals surface area contributed by atoms with Crippen LogP contribution in [0.5, 0.6) is 5.75 Å². The Hall–Kier alpha value is -3.32. The van der Waals surface area contributed by atoms with Crippen LogP contribution in [0, 0.1) is 19.7 Å². The van der Waals surface area contributed by atoms with E-state index in [1.165, 1.54) is 23.5 Å². The van der Waals surface area contributed by atoms with Crippen molar-refractivity contribution < 1.29 is 13.9 Å². The third-order valence-electron chi connectivity index (χ3n) is 4.48. The lowest BCUT2D eigenvalue weighted by Gasteiger charge is -2.07. The normalized spacial score (nSPS) is 11.0. The van der Waals surface area contributed by atoms with E-state index in [4.69, 9.17) is 10.5 Å². The Morgan fingerprint density at radius 1 is 1.10 bits per heavy atom. The summed E-state index contributed by atoms with van der Waals surface area (Å²) in [5.74, 6) is -0.213. The van der Waals surface area contributed by atoms with Gasteiger partial charge in [0.2, 0.25) is 0 Å². The van der Waals surface area contributed by atoms with Gasteiger partial charge in [0.1, 0.15) is 23.9 Å². The van der Waals surface area contributed by atoms with E-state index in [0.717, 1.165) is 37.8 Å². The number of aromatic nitrogens is 2. The maximum Gasteiger partial charge on any atom is 0.267 e. The molecule has 0 atom stereocenters. The molecular formula is C22H18FN3O2S. The molecule has 0 radical (unpaired) electrons. The van der Waals surface area contributed by atoms with Gasteiger partial charge in [0, 0.05) is 16.1 Å². The van der Waals surface area contributed by atoms with Gasteiger partial charge in [0.15, 0.2) is 0 Å². The summed E-state index contributed by atoms with van der Waals surface area (Å²) in [5.41, 5.74) is 9.61. The molecule has 7 heteroatoms. The molecule has 0 fully saturated rings. The van der Waals surface area contributed by atoms with Gasteiger partial charge < -0.3 is 10.5 Å². The van der Waals surface area contributed by atoms with Crippen molar-refractivity contribution in [1.82, 2.24) is 9.97 Å². The van der Waals surface area contributed by atoms with Crippen LogP contribution >= 0.6 is 11.3 Å². The highest BCUT2D eigenvalue weighted by molar-refractivity contribution is 7.19. The zero-order valence-electron chi connectivity index (χ0n) is 15.9. The zero-order chi connectivity index (χ0) is 20.5. The van der Waals surface area contributed by atoms with E-state index in [0.29, 0.717) is 12.1 Å². The minimum atomic E-state index is -0.611. The van der Waals surface area contributed by atoms with Crippen molar-refractivity contribution in [3.8, 4) is 16.9 Å². The van der Waals surface area contributed by atoms with Crippen LogP contribution in [-0.2, 0) is 6.61 Å². The number of amides is 1. The van der Waals surface area contributed by atoms with Crippen LogP contribution < -0.4 is 10.5 Å². The Bertz CT molecular complexity index is 1220. The number of pyridine rings is 2. The van der Waals surface area contributed by atoms with Gasteiger partial charge in [-0.3, -0.25) is 9.78 Å². The number of primary amides is 1. The second-order valence-corrected chi connectivity index (χ2v) is 7.81. The zero-order valence-corrected chi connectivity index (χ0v) is 16.7. The highest BCUT2D eigenvalue weighted by Crippen LogP contribution is 2.35. The number of nitrogens with zero attached hydrogens (tertiary/aromatic N) is 2. The SMILES string of the molecule is Cc1ccc(OCc2cc3nc(C(N)=O)cc(-c4ccc(F)cc4)c3s2)c(C)n1. The largest absolute Gasteiger partial charge is 0.486 e. The molecule has 0 saturated carbocycles. The number of thiophene rings is 1. The van der Waals surface area contributed by atoms with Crippen molar-refractivity contribution in [3.05, 3.63) is 76.3 Å². The molecule has 1 aromatic carbocycles. The van der Waals surface area contributed by atoms with E-state index in [-0.39, 0.29) is 11.5 Å². The summed E-state index contributed by atoms with van der Waals surface area (Å²) in [5, 5.41) is 0. The molecule has 1 amide bonds. The number of benzene rings is 1. The number of halogens is 1. The summed E-state index contributed by atoms with van der Waals surface area (Å²) in [6, 6.07) is 13.5. The fraction of sp³-hybridized carbons (Fsp3) is 0.136. The van der Waals surface area contributed by atoms with E-state index in [1.807, 2.05) is 32.0 Å². The number of carbonyl (C=O) groups excluding carboxylic acids is 1. The number of hydrogen-bond donors (Lipinski definition) is 1. The molecule has 0 spiro atoms. The Balaban J connectivity index is 1.73. The fourth-order valence-electron chi connectivity index (χ4n) is 3.09. The maximum absolute atomic E-state index is 13.3. The van der Waals surface area contributed by atoms with Gasteiger partial charge in [-0.15, -0.1) is 11.3 Å². The monoisotopic (exact) mass is 407 g/mol. The average molecular weight is 407 g/mol. The number of aryl methyl sites for hydroxylation is 2. The van der Waals surface area contributed by atoms with Crippen molar-refractivity contribution in [2.45, 2.75) is 20.5 Å². The van der Waals surface area contributed by atoms with E-state index in [1.54, 1.807) is 18.2 Å². The van der Waals surface area contributed by atoms with Crippen molar-refractivity contribution in [2.24, 2.45) is 5.73 Å². The summed E-state index contributed by atoms with van der Waals surface area (Å²) in [6.45, 7) is 4.18. The van der Waals surface area contributed by atoms with Gasteiger partial charge in [-0.2, -0.15) is 0 Å². The third kappa shape index (κ3) is 3.95. The first-order valence-electron chi connectivity index (χ1n) is 8.97. The van der Waals surface area contributed by atoms with Crippen LogP contribution in [0.15, 0.2) is 48.5 Å². The summed E-state index contributed by atoms with van der Waals surface area (Å²) >= 11 is 1.52. The van der Waals surface area contributed by atoms with E-state index >= 15 is 0 Å². The minimum Gasteiger partial charge on any atom is -0.486 e. The first-order valence-corrected chi connectivity index (χ1v) is 9.78. The Morgan fingerprint density at radius 2 is 1.86 bits per heavy atom. The lowest BCUT2D eigenvalue weighted by molar-refractivity contribution is 0.0996. The minimum absolute atomic E-state index is 0.167. The second-order valence-electron chi connectivity index (χ2n) is 6.68. The van der Waals surface area contributed by atoms with Crippen molar-refractivity contribution in [3.63, 3.8) is 0 Å². The summed E-state index contributed by atoms with van der Waals surface area (Å²) in [7, 11) is 0. The van der Waals surface area contributed by atoms with Crippen LogP contribution in [0.3, 0.4) is 0 Å². The first-order chi connectivity index (χ1) is 13.9. The summed E-state index contributed by atoms with van der Waals surface area (Å²) in [4.78, 5) is 21.5. The number of nitrogens with two attached hydrogens (primary N) is 1. The van der Waals surface area contributed by atoms with Crippen molar-refractivity contribution in [2.75, 3.05) is 0 Å². The third-order valence-corrected chi connectivity index (χ3v) is 5.62. The number of carbonyl (C=O) groups is 1. The molecule has 29 heavy (non-hydrogen) atoms. The first kappa shape index (κ1) is 19.0. The van der Waals surface area contributed by atoms with E-state index in [9.17, 15) is 9.18 Å². The molecule has 3 aromatic heterocycles. The number of fused-ring (bicyclic) bond motifs is 1. The fourth-order valence-corrected chi connectivity index (χ4v) is 4.13. The Labute approximate surface area is 171 Å². The highest BCUT2D eigenvalue weighted by atomic mass is 32.1. The van der Waals surface area contributed by atoms with Crippen LogP contribution in [-0.4, -0.2) is 15.9 Å². The second kappa shape index (κ2) is 7.60. The maximum atomic E-state index is 13.3. The van der Waals surface area contributed by atoms with Crippen LogP contribution in [0.1, 0.15) is 26.8 Å². The van der Waals surface area contributed by atoms with Crippen molar-refractivity contribution >= 4 is 27.5 Å². The van der Waals surface area contributed by atoms with Gasteiger partial charge >= 0.3 is 0 Å². The molecule has 2 N–H and O–H groups in total. The average Bonchev–Trinajstić information content (AvgIpc) is 3.10. The molecule has 0 aliphatic rings.